The van der Waals surface area contributed by atoms with E-state index in [1.165, 1.54) is 6.33 Å². The smallest absolute Gasteiger partial charge is 0.293 e. The van der Waals surface area contributed by atoms with Crippen LogP contribution in [0.15, 0.2) is 59.3 Å². The highest BCUT2D eigenvalue weighted by Crippen LogP contribution is 2.29. The lowest BCUT2D eigenvalue weighted by Gasteiger charge is -2.09. The number of hydrogen-bond donors (Lipinski definition) is 1. The number of benzene rings is 2. The minimum atomic E-state index is -0.479. The Labute approximate surface area is 198 Å². The van der Waals surface area contributed by atoms with Gasteiger partial charge in [-0.05, 0) is 48.4 Å². The van der Waals surface area contributed by atoms with Crippen LogP contribution in [0.25, 0.3) is 0 Å². The SMILES string of the molecule is Cc1cccc(Cl)c1OCc1ccc(C(=O)Nc2ncn(Cc3ccc(Cl)cc3Cl)n2)o1. The molecule has 7 nitrogen and oxygen atoms in total. The Morgan fingerprint density at radius 2 is 1.97 bits per heavy atom. The summed E-state index contributed by atoms with van der Waals surface area (Å²) in [6.45, 7) is 2.41. The zero-order chi connectivity index (χ0) is 22.7. The van der Waals surface area contributed by atoms with E-state index in [-0.39, 0.29) is 18.3 Å². The number of anilines is 1. The van der Waals surface area contributed by atoms with Crippen molar-refractivity contribution in [3.63, 3.8) is 0 Å². The van der Waals surface area contributed by atoms with Gasteiger partial charge in [-0.25, -0.2) is 9.67 Å². The first-order valence-corrected chi connectivity index (χ1v) is 10.6. The third kappa shape index (κ3) is 5.24. The quantitative estimate of drug-likeness (QED) is 0.342. The van der Waals surface area contributed by atoms with Crippen LogP contribution in [0, 0.1) is 6.92 Å². The molecule has 0 atom stereocenters. The Bertz CT molecular complexity index is 1250. The first kappa shape index (κ1) is 22.2. The molecule has 4 rings (SSSR count). The van der Waals surface area contributed by atoms with E-state index in [1.54, 1.807) is 41.1 Å². The number of rotatable bonds is 7. The standard InChI is InChI=1S/C22H17Cl3N4O3/c1-13-3-2-4-17(24)20(13)31-11-16-7-8-19(32-16)21(30)27-22-26-12-29(28-22)10-14-5-6-15(23)9-18(14)25/h2-9,12H,10-11H2,1H3,(H,27,28,30). The summed E-state index contributed by atoms with van der Waals surface area (Å²) in [7, 11) is 0. The number of hydrogen-bond acceptors (Lipinski definition) is 5. The monoisotopic (exact) mass is 490 g/mol. The summed E-state index contributed by atoms with van der Waals surface area (Å²) in [6.07, 6.45) is 1.49. The van der Waals surface area contributed by atoms with Gasteiger partial charge >= 0.3 is 0 Å². The van der Waals surface area contributed by atoms with Crippen LogP contribution < -0.4 is 10.1 Å². The Morgan fingerprint density at radius 1 is 1.12 bits per heavy atom. The van der Waals surface area contributed by atoms with Crippen molar-refractivity contribution in [3.8, 4) is 5.75 Å². The van der Waals surface area contributed by atoms with Crippen LogP contribution in [0.1, 0.15) is 27.4 Å². The van der Waals surface area contributed by atoms with Gasteiger partial charge in [-0.15, -0.1) is 5.10 Å². The van der Waals surface area contributed by atoms with E-state index in [0.717, 1.165) is 11.1 Å². The predicted molar refractivity (Wildman–Crippen MR) is 123 cm³/mol. The summed E-state index contributed by atoms with van der Waals surface area (Å²) in [5.41, 5.74) is 1.73. The summed E-state index contributed by atoms with van der Waals surface area (Å²) >= 11 is 18.3. The van der Waals surface area contributed by atoms with Crippen LogP contribution in [0.3, 0.4) is 0 Å². The summed E-state index contributed by atoms with van der Waals surface area (Å²) in [5.74, 6) is 0.822. The van der Waals surface area contributed by atoms with Crippen molar-refractivity contribution in [1.82, 2.24) is 14.8 Å². The largest absolute Gasteiger partial charge is 0.484 e. The molecule has 2 aromatic heterocycles. The average molecular weight is 492 g/mol. The number of nitrogens with zero attached hydrogens (tertiary/aromatic N) is 3. The minimum absolute atomic E-state index is 0.108. The topological polar surface area (TPSA) is 82.2 Å². The normalized spacial score (nSPS) is 10.9. The number of amides is 1. The summed E-state index contributed by atoms with van der Waals surface area (Å²) in [5, 5.41) is 8.43. The number of furan rings is 1. The van der Waals surface area contributed by atoms with Crippen molar-refractivity contribution >= 4 is 46.7 Å². The van der Waals surface area contributed by atoms with Gasteiger partial charge in [0.05, 0.1) is 11.6 Å². The highest BCUT2D eigenvalue weighted by molar-refractivity contribution is 6.35. The molecule has 0 aliphatic heterocycles. The lowest BCUT2D eigenvalue weighted by Crippen LogP contribution is -2.12. The zero-order valence-electron chi connectivity index (χ0n) is 16.8. The van der Waals surface area contributed by atoms with Gasteiger partial charge in [-0.2, -0.15) is 0 Å². The first-order valence-electron chi connectivity index (χ1n) is 9.50. The van der Waals surface area contributed by atoms with E-state index in [9.17, 15) is 4.79 Å². The van der Waals surface area contributed by atoms with E-state index in [2.05, 4.69) is 15.4 Å². The van der Waals surface area contributed by atoms with Gasteiger partial charge in [0.1, 0.15) is 24.4 Å². The lowest BCUT2D eigenvalue weighted by atomic mass is 10.2. The third-order valence-corrected chi connectivity index (χ3v) is 5.40. The van der Waals surface area contributed by atoms with Crippen molar-refractivity contribution in [2.75, 3.05) is 5.32 Å². The Hall–Kier alpha value is -3.00. The molecule has 2 heterocycles. The van der Waals surface area contributed by atoms with Gasteiger partial charge in [0, 0.05) is 10.0 Å². The molecular formula is C22H17Cl3N4O3. The van der Waals surface area contributed by atoms with Gasteiger partial charge in [-0.1, -0.05) is 53.0 Å². The fraction of sp³-hybridized carbons (Fsp3) is 0.136. The molecule has 10 heteroatoms. The number of halogens is 3. The Kier molecular flexibility index (Phi) is 6.69. The second-order valence-electron chi connectivity index (χ2n) is 6.90. The second kappa shape index (κ2) is 9.65. The first-order chi connectivity index (χ1) is 15.4. The van der Waals surface area contributed by atoms with Crippen molar-refractivity contribution in [1.29, 1.82) is 0 Å². The Balaban J connectivity index is 1.36. The van der Waals surface area contributed by atoms with Gasteiger partial charge in [-0.3, -0.25) is 10.1 Å². The molecule has 1 N–H and O–H groups in total. The molecular weight excluding hydrogens is 475 g/mol. The molecule has 0 bridgehead atoms. The Morgan fingerprint density at radius 3 is 2.75 bits per heavy atom. The molecule has 4 aromatic rings. The molecule has 0 fully saturated rings. The summed E-state index contributed by atoms with van der Waals surface area (Å²) < 4.78 is 12.9. The lowest BCUT2D eigenvalue weighted by molar-refractivity contribution is 0.0991. The molecule has 164 valence electrons. The maximum atomic E-state index is 12.5. The second-order valence-corrected chi connectivity index (χ2v) is 8.15. The van der Waals surface area contributed by atoms with Gasteiger partial charge < -0.3 is 9.15 Å². The zero-order valence-corrected chi connectivity index (χ0v) is 19.1. The maximum absolute atomic E-state index is 12.5. The molecule has 2 aromatic carbocycles. The number of para-hydroxylation sites is 1. The van der Waals surface area contributed by atoms with Crippen LogP contribution in [0.5, 0.6) is 5.75 Å². The molecule has 0 aliphatic rings. The number of aryl methyl sites for hydroxylation is 1. The number of carbonyl (C=O) groups is 1. The van der Waals surface area contributed by atoms with E-state index in [0.29, 0.717) is 33.1 Å². The van der Waals surface area contributed by atoms with Crippen LogP contribution in [0.4, 0.5) is 5.95 Å². The van der Waals surface area contributed by atoms with Gasteiger partial charge in [0.15, 0.2) is 5.76 Å². The van der Waals surface area contributed by atoms with Crippen LogP contribution in [0.2, 0.25) is 15.1 Å². The maximum Gasteiger partial charge on any atom is 0.293 e. The molecule has 0 radical (unpaired) electrons. The fourth-order valence-electron chi connectivity index (χ4n) is 2.94. The van der Waals surface area contributed by atoms with Crippen molar-refractivity contribution in [3.05, 3.63) is 92.6 Å². The van der Waals surface area contributed by atoms with E-state index < -0.39 is 5.91 Å². The van der Waals surface area contributed by atoms with Crippen molar-refractivity contribution in [2.45, 2.75) is 20.1 Å². The number of carbonyl (C=O) groups excluding carboxylic acids is 1. The molecule has 0 spiro atoms. The van der Waals surface area contributed by atoms with Crippen LogP contribution in [-0.4, -0.2) is 20.7 Å². The third-order valence-electron chi connectivity index (χ3n) is 4.52. The van der Waals surface area contributed by atoms with E-state index in [1.807, 2.05) is 19.1 Å². The van der Waals surface area contributed by atoms with Crippen LogP contribution in [-0.2, 0) is 13.2 Å². The van der Waals surface area contributed by atoms with Crippen molar-refractivity contribution in [2.24, 2.45) is 0 Å². The van der Waals surface area contributed by atoms with Crippen molar-refractivity contribution < 1.29 is 13.9 Å². The molecule has 0 saturated heterocycles. The van der Waals surface area contributed by atoms with Gasteiger partial charge in [0.2, 0.25) is 5.95 Å². The predicted octanol–water partition coefficient (Wildman–Crippen LogP) is 6.02. The molecule has 0 aliphatic carbocycles. The fourth-order valence-corrected chi connectivity index (χ4v) is 3.68. The number of ether oxygens (including phenoxy) is 1. The minimum Gasteiger partial charge on any atom is -0.484 e. The van der Waals surface area contributed by atoms with Gasteiger partial charge in [0.25, 0.3) is 5.91 Å². The number of nitrogens with one attached hydrogen (secondary N) is 1. The molecule has 0 saturated carbocycles. The van der Waals surface area contributed by atoms with E-state index >= 15 is 0 Å². The molecule has 32 heavy (non-hydrogen) atoms. The molecule has 0 unspecified atom stereocenters. The summed E-state index contributed by atoms with van der Waals surface area (Å²) in [4.78, 5) is 16.6. The van der Waals surface area contributed by atoms with E-state index in [4.69, 9.17) is 44.0 Å². The summed E-state index contributed by atoms with van der Waals surface area (Å²) in [6, 6.07) is 13.9. The van der Waals surface area contributed by atoms with Crippen LogP contribution >= 0.6 is 34.8 Å². The highest BCUT2D eigenvalue weighted by atomic mass is 35.5. The molecule has 1 amide bonds. The average Bonchev–Trinajstić information content (AvgIpc) is 3.39. The highest BCUT2D eigenvalue weighted by Gasteiger charge is 2.15. The number of aromatic nitrogens is 3.